The Morgan fingerprint density at radius 1 is 1.35 bits per heavy atom. The number of anilines is 1. The molecule has 0 amide bonds. The van der Waals surface area contributed by atoms with Gasteiger partial charge < -0.3 is 4.90 Å². The summed E-state index contributed by atoms with van der Waals surface area (Å²) in [5.41, 5.74) is -0.0646. The Morgan fingerprint density at radius 3 is 2.53 bits per heavy atom. The lowest BCUT2D eigenvalue weighted by Crippen LogP contribution is -2.29. The smallest absolute Gasteiger partial charge is 0.183 e. The van der Waals surface area contributed by atoms with Crippen LogP contribution in [-0.2, 0) is 0 Å². The Bertz CT molecular complexity index is 438. The van der Waals surface area contributed by atoms with E-state index in [1.54, 1.807) is 18.0 Å². The van der Waals surface area contributed by atoms with Crippen molar-refractivity contribution in [1.29, 1.82) is 5.26 Å². The molecule has 2 nitrogen and oxygen atoms in total. The van der Waals surface area contributed by atoms with Crippen molar-refractivity contribution in [1.82, 2.24) is 0 Å². The van der Waals surface area contributed by atoms with Crippen molar-refractivity contribution in [3.8, 4) is 6.07 Å². The number of hydrogen-bond donors (Lipinski definition) is 0. The molecule has 0 aliphatic rings. The van der Waals surface area contributed by atoms with Gasteiger partial charge in [-0.2, -0.15) is 5.26 Å². The van der Waals surface area contributed by atoms with E-state index in [-0.39, 0.29) is 17.3 Å². The van der Waals surface area contributed by atoms with E-state index < -0.39 is 11.6 Å². The standard InChI is InChI=1S/C13H16F2N2/c1-4-5-9(2)17(3)11-7-6-10(8-16)12(14)13(11)15/h6-7,9H,4-5H2,1-3H3. The van der Waals surface area contributed by atoms with E-state index in [0.717, 1.165) is 12.8 Å². The molecule has 0 fully saturated rings. The van der Waals surface area contributed by atoms with E-state index in [4.69, 9.17) is 5.26 Å². The van der Waals surface area contributed by atoms with Gasteiger partial charge in [-0.1, -0.05) is 13.3 Å². The highest BCUT2D eigenvalue weighted by Gasteiger charge is 2.18. The van der Waals surface area contributed by atoms with Crippen molar-refractivity contribution in [3.63, 3.8) is 0 Å². The third-order valence-electron chi connectivity index (χ3n) is 2.93. The average Bonchev–Trinajstić information content (AvgIpc) is 2.32. The molecule has 0 saturated heterocycles. The largest absolute Gasteiger partial charge is 0.369 e. The second kappa shape index (κ2) is 5.62. The molecule has 92 valence electrons. The van der Waals surface area contributed by atoms with Gasteiger partial charge in [-0.3, -0.25) is 0 Å². The Balaban J connectivity index is 3.08. The lowest BCUT2D eigenvalue weighted by molar-refractivity contribution is 0.499. The Morgan fingerprint density at radius 2 is 2.00 bits per heavy atom. The van der Waals surface area contributed by atoms with Crippen LogP contribution in [-0.4, -0.2) is 13.1 Å². The number of hydrogen-bond acceptors (Lipinski definition) is 2. The number of benzene rings is 1. The summed E-state index contributed by atoms with van der Waals surface area (Å²) in [7, 11) is 1.73. The molecule has 0 N–H and O–H groups in total. The lowest BCUT2D eigenvalue weighted by atomic mass is 10.1. The summed E-state index contributed by atoms with van der Waals surface area (Å²) in [6, 6.07) is 4.51. The summed E-state index contributed by atoms with van der Waals surface area (Å²) in [6.45, 7) is 4.00. The zero-order chi connectivity index (χ0) is 13.0. The van der Waals surface area contributed by atoms with Gasteiger partial charge in [0.2, 0.25) is 0 Å². The highest BCUT2D eigenvalue weighted by molar-refractivity contribution is 5.52. The molecule has 1 unspecified atom stereocenters. The molecule has 0 aromatic heterocycles. The SMILES string of the molecule is CCCC(C)N(C)c1ccc(C#N)c(F)c1F. The van der Waals surface area contributed by atoms with Crippen LogP contribution in [0.25, 0.3) is 0 Å². The van der Waals surface area contributed by atoms with Crippen LogP contribution >= 0.6 is 0 Å². The molecule has 1 atom stereocenters. The van der Waals surface area contributed by atoms with Gasteiger partial charge in [0.15, 0.2) is 11.6 Å². The normalized spacial score (nSPS) is 12.0. The molecule has 0 aliphatic carbocycles. The van der Waals surface area contributed by atoms with Crippen LogP contribution in [0.2, 0.25) is 0 Å². The minimum atomic E-state index is -1.07. The maximum absolute atomic E-state index is 13.7. The van der Waals surface area contributed by atoms with Gasteiger partial charge in [0.05, 0.1) is 11.3 Å². The highest BCUT2D eigenvalue weighted by atomic mass is 19.2. The molecular weight excluding hydrogens is 222 g/mol. The minimum Gasteiger partial charge on any atom is -0.369 e. The predicted octanol–water partition coefficient (Wildman–Crippen LogP) is 3.46. The summed E-state index contributed by atoms with van der Waals surface area (Å²) < 4.78 is 27.2. The highest BCUT2D eigenvalue weighted by Crippen LogP contribution is 2.25. The summed E-state index contributed by atoms with van der Waals surface area (Å²) in [6.07, 6.45) is 1.88. The fraction of sp³-hybridized carbons (Fsp3) is 0.462. The fourth-order valence-corrected chi connectivity index (χ4v) is 1.75. The molecule has 0 spiro atoms. The van der Waals surface area contributed by atoms with Crippen molar-refractivity contribution in [3.05, 3.63) is 29.3 Å². The van der Waals surface area contributed by atoms with E-state index >= 15 is 0 Å². The van der Waals surface area contributed by atoms with Gasteiger partial charge in [0.25, 0.3) is 0 Å². The molecule has 0 bridgehead atoms. The van der Waals surface area contributed by atoms with E-state index in [0.29, 0.717) is 0 Å². The van der Waals surface area contributed by atoms with Crippen LogP contribution in [0.3, 0.4) is 0 Å². The predicted molar refractivity (Wildman–Crippen MR) is 63.8 cm³/mol. The van der Waals surface area contributed by atoms with Crippen LogP contribution < -0.4 is 4.90 Å². The first-order valence-electron chi connectivity index (χ1n) is 5.63. The molecule has 1 aromatic rings. The molecule has 0 heterocycles. The molecule has 0 saturated carbocycles. The number of halogens is 2. The van der Waals surface area contributed by atoms with Gasteiger partial charge in [-0.15, -0.1) is 0 Å². The maximum atomic E-state index is 13.7. The average molecular weight is 238 g/mol. The van der Waals surface area contributed by atoms with Crippen molar-refractivity contribution in [2.45, 2.75) is 32.7 Å². The molecule has 1 aromatic carbocycles. The summed E-state index contributed by atoms with van der Waals surface area (Å²) >= 11 is 0. The van der Waals surface area contributed by atoms with Crippen LogP contribution in [0.15, 0.2) is 12.1 Å². The zero-order valence-electron chi connectivity index (χ0n) is 10.3. The van der Waals surface area contributed by atoms with Crippen LogP contribution in [0.4, 0.5) is 14.5 Å². The van der Waals surface area contributed by atoms with Gasteiger partial charge in [0.1, 0.15) is 6.07 Å². The third-order valence-corrected chi connectivity index (χ3v) is 2.93. The summed E-state index contributed by atoms with van der Waals surface area (Å²) in [5, 5.41) is 8.60. The topological polar surface area (TPSA) is 27.0 Å². The van der Waals surface area contributed by atoms with Crippen molar-refractivity contribution in [2.75, 3.05) is 11.9 Å². The second-order valence-corrected chi connectivity index (χ2v) is 4.12. The minimum absolute atomic E-state index is 0.127. The van der Waals surface area contributed by atoms with E-state index in [1.165, 1.54) is 12.1 Å². The molecule has 1 rings (SSSR count). The second-order valence-electron chi connectivity index (χ2n) is 4.12. The monoisotopic (exact) mass is 238 g/mol. The van der Waals surface area contributed by atoms with Crippen LogP contribution in [0.5, 0.6) is 0 Å². The van der Waals surface area contributed by atoms with E-state index in [2.05, 4.69) is 0 Å². The third kappa shape index (κ3) is 2.73. The van der Waals surface area contributed by atoms with Gasteiger partial charge >= 0.3 is 0 Å². The lowest BCUT2D eigenvalue weighted by Gasteiger charge is -2.27. The first-order valence-corrected chi connectivity index (χ1v) is 5.63. The van der Waals surface area contributed by atoms with Gasteiger partial charge in [-0.05, 0) is 25.5 Å². The molecule has 4 heteroatoms. The van der Waals surface area contributed by atoms with Gasteiger partial charge in [0, 0.05) is 13.1 Å². The van der Waals surface area contributed by atoms with E-state index in [1.807, 2.05) is 13.8 Å². The quantitative estimate of drug-likeness (QED) is 0.803. The fourth-order valence-electron chi connectivity index (χ4n) is 1.75. The molecular formula is C13H16F2N2. The van der Waals surface area contributed by atoms with E-state index in [9.17, 15) is 8.78 Å². The number of nitrogens with zero attached hydrogens (tertiary/aromatic N) is 2. The Labute approximate surface area is 100 Å². The first-order chi connectivity index (χ1) is 8.02. The first kappa shape index (κ1) is 13.4. The number of rotatable bonds is 4. The van der Waals surface area contributed by atoms with Crippen molar-refractivity contribution < 1.29 is 8.78 Å². The zero-order valence-corrected chi connectivity index (χ0v) is 10.3. The summed E-state index contributed by atoms with van der Waals surface area (Å²) in [4.78, 5) is 1.70. The Hall–Kier alpha value is -1.63. The molecule has 0 radical (unpaired) electrons. The van der Waals surface area contributed by atoms with Crippen molar-refractivity contribution >= 4 is 5.69 Å². The number of nitriles is 1. The Kier molecular flexibility index (Phi) is 4.45. The van der Waals surface area contributed by atoms with Crippen LogP contribution in [0, 0.1) is 23.0 Å². The molecule has 0 aliphatic heterocycles. The van der Waals surface area contributed by atoms with Crippen molar-refractivity contribution in [2.24, 2.45) is 0 Å². The molecule has 17 heavy (non-hydrogen) atoms. The maximum Gasteiger partial charge on any atom is 0.183 e. The summed E-state index contributed by atoms with van der Waals surface area (Å²) in [5.74, 6) is -2.02. The van der Waals surface area contributed by atoms with Crippen LogP contribution in [0.1, 0.15) is 32.3 Å². The van der Waals surface area contributed by atoms with Gasteiger partial charge in [-0.25, -0.2) is 8.78 Å².